The van der Waals surface area contributed by atoms with E-state index in [1.54, 1.807) is 12.1 Å². The minimum atomic E-state index is -3.19. The van der Waals surface area contributed by atoms with Crippen molar-refractivity contribution >= 4 is 21.8 Å². The molecule has 1 aromatic carbocycles. The van der Waals surface area contributed by atoms with Crippen LogP contribution in [-0.2, 0) is 26.1 Å². The van der Waals surface area contributed by atoms with Gasteiger partial charge in [-0.25, -0.2) is 12.7 Å². The number of carbonyl (C=O) groups is 2. The van der Waals surface area contributed by atoms with E-state index in [1.807, 2.05) is 30.9 Å². The van der Waals surface area contributed by atoms with Crippen molar-refractivity contribution in [2.75, 3.05) is 32.4 Å². The molecule has 2 aliphatic heterocycles. The number of morpholine rings is 1. The van der Waals surface area contributed by atoms with E-state index in [1.165, 1.54) is 10.6 Å². The monoisotopic (exact) mass is 437 g/mol. The number of nitrogens with zero attached hydrogens (tertiary/aromatic N) is 2. The van der Waals surface area contributed by atoms with E-state index < -0.39 is 10.0 Å². The van der Waals surface area contributed by atoms with Crippen LogP contribution in [0.5, 0.6) is 0 Å². The standard InChI is InChI=1S/C21H31N3O5S/c1-15-13-23(14-16(2)29-15)21(26)19-6-4-17(5-7-19)12-22-20(25)18-8-10-24(11-9-18)30(3,27)28/h4-7,15-16,18H,8-14H2,1-3H3,(H,22,25). The molecule has 0 radical (unpaired) electrons. The van der Waals surface area contributed by atoms with Crippen LogP contribution < -0.4 is 5.32 Å². The number of benzene rings is 1. The number of amides is 2. The Bertz CT molecular complexity index is 853. The second-order valence-electron chi connectivity index (χ2n) is 8.32. The predicted octanol–water partition coefficient (Wildman–Crippen LogP) is 1.22. The third kappa shape index (κ3) is 5.80. The van der Waals surface area contributed by atoms with Crippen molar-refractivity contribution in [1.29, 1.82) is 0 Å². The first-order valence-electron chi connectivity index (χ1n) is 10.4. The zero-order chi connectivity index (χ0) is 21.9. The van der Waals surface area contributed by atoms with E-state index in [0.717, 1.165) is 5.56 Å². The summed E-state index contributed by atoms with van der Waals surface area (Å²) in [7, 11) is -3.19. The van der Waals surface area contributed by atoms with Crippen molar-refractivity contribution in [2.45, 2.75) is 45.4 Å². The number of ether oxygens (including phenoxy) is 1. The molecule has 0 saturated carbocycles. The van der Waals surface area contributed by atoms with Crippen LogP contribution in [0.1, 0.15) is 42.6 Å². The second-order valence-corrected chi connectivity index (χ2v) is 10.3. The van der Waals surface area contributed by atoms with Gasteiger partial charge >= 0.3 is 0 Å². The number of rotatable bonds is 5. The number of hydrogen-bond acceptors (Lipinski definition) is 5. The topological polar surface area (TPSA) is 96.0 Å². The summed E-state index contributed by atoms with van der Waals surface area (Å²) in [4.78, 5) is 27.0. The van der Waals surface area contributed by atoms with Gasteiger partial charge in [-0.15, -0.1) is 0 Å². The zero-order valence-corrected chi connectivity index (χ0v) is 18.7. The van der Waals surface area contributed by atoms with Crippen molar-refractivity contribution in [3.05, 3.63) is 35.4 Å². The van der Waals surface area contributed by atoms with Crippen molar-refractivity contribution in [2.24, 2.45) is 5.92 Å². The maximum atomic E-state index is 12.7. The van der Waals surface area contributed by atoms with Gasteiger partial charge in [-0.3, -0.25) is 9.59 Å². The Morgan fingerprint density at radius 1 is 1.07 bits per heavy atom. The Balaban J connectivity index is 1.49. The lowest BCUT2D eigenvalue weighted by Crippen LogP contribution is -2.48. The Labute approximate surface area is 178 Å². The molecule has 166 valence electrons. The molecule has 0 bridgehead atoms. The van der Waals surface area contributed by atoms with Gasteiger partial charge in [0.2, 0.25) is 15.9 Å². The molecule has 1 N–H and O–H groups in total. The molecule has 2 atom stereocenters. The molecule has 2 aliphatic rings. The fraction of sp³-hybridized carbons (Fsp3) is 0.619. The fourth-order valence-corrected chi connectivity index (χ4v) is 4.95. The highest BCUT2D eigenvalue weighted by molar-refractivity contribution is 7.88. The summed E-state index contributed by atoms with van der Waals surface area (Å²) in [6, 6.07) is 7.29. The molecule has 30 heavy (non-hydrogen) atoms. The van der Waals surface area contributed by atoms with Gasteiger partial charge in [-0.2, -0.15) is 0 Å². The number of nitrogens with one attached hydrogen (secondary N) is 1. The SMILES string of the molecule is CC1CN(C(=O)c2ccc(CNC(=O)C3CCN(S(C)(=O)=O)CC3)cc2)CC(C)O1. The first-order chi connectivity index (χ1) is 14.1. The molecule has 0 aromatic heterocycles. The first-order valence-corrected chi connectivity index (χ1v) is 12.2. The summed E-state index contributed by atoms with van der Waals surface area (Å²) in [5.74, 6) is -0.237. The molecule has 2 unspecified atom stereocenters. The largest absolute Gasteiger partial charge is 0.372 e. The van der Waals surface area contributed by atoms with Crippen LogP contribution in [0.15, 0.2) is 24.3 Å². The number of piperidine rings is 1. The summed E-state index contributed by atoms with van der Waals surface area (Å²) in [5.41, 5.74) is 1.54. The summed E-state index contributed by atoms with van der Waals surface area (Å²) in [6.45, 7) is 6.24. The van der Waals surface area contributed by atoms with Crippen molar-refractivity contribution in [1.82, 2.24) is 14.5 Å². The van der Waals surface area contributed by atoms with Crippen LogP contribution >= 0.6 is 0 Å². The highest BCUT2D eigenvalue weighted by atomic mass is 32.2. The zero-order valence-electron chi connectivity index (χ0n) is 17.8. The van der Waals surface area contributed by atoms with E-state index in [9.17, 15) is 18.0 Å². The minimum absolute atomic E-state index is 0.00905. The number of sulfonamides is 1. The predicted molar refractivity (Wildman–Crippen MR) is 113 cm³/mol. The van der Waals surface area contributed by atoms with Gasteiger partial charge in [-0.05, 0) is 44.4 Å². The average molecular weight is 438 g/mol. The molecule has 2 fully saturated rings. The summed E-state index contributed by atoms with van der Waals surface area (Å²) < 4.78 is 30.2. The van der Waals surface area contributed by atoms with Gasteiger partial charge in [0.25, 0.3) is 5.91 Å². The molecule has 2 heterocycles. The van der Waals surface area contributed by atoms with E-state index in [4.69, 9.17) is 4.74 Å². The van der Waals surface area contributed by atoms with Crippen LogP contribution in [0.3, 0.4) is 0 Å². The molecule has 3 rings (SSSR count). The quantitative estimate of drug-likeness (QED) is 0.747. The lowest BCUT2D eigenvalue weighted by Gasteiger charge is -2.35. The van der Waals surface area contributed by atoms with Gasteiger partial charge < -0.3 is 15.0 Å². The van der Waals surface area contributed by atoms with Gasteiger partial charge in [-0.1, -0.05) is 12.1 Å². The maximum Gasteiger partial charge on any atom is 0.254 e. The number of carbonyl (C=O) groups excluding carboxylic acids is 2. The van der Waals surface area contributed by atoms with Crippen LogP contribution in [0.2, 0.25) is 0 Å². The van der Waals surface area contributed by atoms with Gasteiger partial charge in [0, 0.05) is 44.2 Å². The Hall–Kier alpha value is -1.97. The van der Waals surface area contributed by atoms with Crippen LogP contribution in [0.4, 0.5) is 0 Å². The van der Waals surface area contributed by atoms with Gasteiger partial charge in [0.1, 0.15) is 0 Å². The van der Waals surface area contributed by atoms with E-state index in [0.29, 0.717) is 51.1 Å². The van der Waals surface area contributed by atoms with E-state index in [-0.39, 0.29) is 29.9 Å². The molecule has 2 saturated heterocycles. The Morgan fingerprint density at radius 3 is 2.17 bits per heavy atom. The van der Waals surface area contributed by atoms with Gasteiger partial charge in [0.15, 0.2) is 0 Å². The van der Waals surface area contributed by atoms with Crippen molar-refractivity contribution in [3.63, 3.8) is 0 Å². The lowest BCUT2D eigenvalue weighted by molar-refractivity contribution is -0.126. The minimum Gasteiger partial charge on any atom is -0.372 e. The van der Waals surface area contributed by atoms with E-state index in [2.05, 4.69) is 5.32 Å². The molecule has 1 aromatic rings. The highest BCUT2D eigenvalue weighted by Crippen LogP contribution is 2.20. The van der Waals surface area contributed by atoms with Crippen molar-refractivity contribution < 1.29 is 22.7 Å². The molecule has 9 heteroatoms. The lowest BCUT2D eigenvalue weighted by atomic mass is 9.97. The average Bonchev–Trinajstić information content (AvgIpc) is 2.70. The smallest absolute Gasteiger partial charge is 0.254 e. The molecule has 0 aliphatic carbocycles. The third-order valence-corrected chi connectivity index (χ3v) is 6.97. The fourth-order valence-electron chi connectivity index (χ4n) is 4.07. The Kier molecular flexibility index (Phi) is 7.15. The third-order valence-electron chi connectivity index (χ3n) is 5.67. The molecular formula is C21H31N3O5S. The van der Waals surface area contributed by atoms with E-state index >= 15 is 0 Å². The molecule has 2 amide bonds. The number of hydrogen-bond donors (Lipinski definition) is 1. The summed E-state index contributed by atoms with van der Waals surface area (Å²) in [6.07, 6.45) is 2.31. The van der Waals surface area contributed by atoms with Gasteiger partial charge in [0.05, 0.1) is 18.5 Å². The first kappa shape index (κ1) is 22.7. The highest BCUT2D eigenvalue weighted by Gasteiger charge is 2.29. The maximum absolute atomic E-state index is 12.7. The van der Waals surface area contributed by atoms with Crippen molar-refractivity contribution in [3.8, 4) is 0 Å². The molecule has 8 nitrogen and oxygen atoms in total. The molecular weight excluding hydrogens is 406 g/mol. The summed E-state index contributed by atoms with van der Waals surface area (Å²) in [5, 5.41) is 2.93. The van der Waals surface area contributed by atoms with Crippen LogP contribution in [0.25, 0.3) is 0 Å². The summed E-state index contributed by atoms with van der Waals surface area (Å²) >= 11 is 0. The Morgan fingerprint density at radius 2 is 1.63 bits per heavy atom. The van der Waals surface area contributed by atoms with Crippen LogP contribution in [-0.4, -0.2) is 74.1 Å². The van der Waals surface area contributed by atoms with Crippen LogP contribution in [0, 0.1) is 5.92 Å². The molecule has 0 spiro atoms. The normalized spacial score (nSPS) is 23.9. The second kappa shape index (κ2) is 9.45.